The van der Waals surface area contributed by atoms with Gasteiger partial charge in [-0.25, -0.2) is 9.97 Å². The van der Waals surface area contributed by atoms with Crippen molar-refractivity contribution in [2.45, 2.75) is 6.10 Å². The molecule has 1 unspecified atom stereocenters. The van der Waals surface area contributed by atoms with Crippen molar-refractivity contribution in [2.24, 2.45) is 5.73 Å². The monoisotopic (exact) mass is 376 g/mol. The zero-order valence-electron chi connectivity index (χ0n) is 14.6. The van der Waals surface area contributed by atoms with Gasteiger partial charge >= 0.3 is 0 Å². The topological polar surface area (TPSA) is 142 Å². The van der Waals surface area contributed by atoms with E-state index in [-0.39, 0.29) is 17.2 Å². The minimum atomic E-state index is -1.25. The first-order valence-electron chi connectivity index (χ1n) is 8.26. The summed E-state index contributed by atoms with van der Waals surface area (Å²) in [7, 11) is 0. The van der Waals surface area contributed by atoms with Crippen LogP contribution in [-0.4, -0.2) is 32.7 Å². The van der Waals surface area contributed by atoms with Crippen molar-refractivity contribution in [3.05, 3.63) is 71.5 Å². The van der Waals surface area contributed by atoms with Crippen molar-refractivity contribution in [1.82, 2.24) is 9.97 Å². The summed E-state index contributed by atoms with van der Waals surface area (Å²) in [5.41, 5.74) is 6.43. The van der Waals surface area contributed by atoms with Gasteiger partial charge in [-0.1, -0.05) is 0 Å². The van der Waals surface area contributed by atoms with E-state index in [9.17, 15) is 9.90 Å². The highest BCUT2D eigenvalue weighted by molar-refractivity contribution is 5.91. The Morgan fingerprint density at radius 2 is 1.71 bits per heavy atom. The summed E-state index contributed by atoms with van der Waals surface area (Å²) in [6.45, 7) is -0.550. The van der Waals surface area contributed by atoms with E-state index in [2.05, 4.69) is 9.97 Å². The fraction of sp³-hybridized carbons (Fsp3) is 0.100. The van der Waals surface area contributed by atoms with Gasteiger partial charge in [0.15, 0.2) is 5.82 Å². The van der Waals surface area contributed by atoms with Crippen LogP contribution >= 0.6 is 0 Å². The highest BCUT2D eigenvalue weighted by Gasteiger charge is 2.15. The number of nitriles is 1. The van der Waals surface area contributed by atoms with Crippen LogP contribution in [0.4, 0.5) is 0 Å². The van der Waals surface area contributed by atoms with E-state index in [1.54, 1.807) is 48.5 Å². The van der Waals surface area contributed by atoms with Crippen molar-refractivity contribution in [3.63, 3.8) is 0 Å². The van der Waals surface area contributed by atoms with E-state index < -0.39 is 18.6 Å². The van der Waals surface area contributed by atoms with Crippen LogP contribution in [-0.2, 0) is 0 Å². The number of aliphatic hydroxyl groups is 2. The molecule has 0 radical (unpaired) electrons. The first-order valence-corrected chi connectivity index (χ1v) is 8.26. The molecule has 8 nitrogen and oxygen atoms in total. The van der Waals surface area contributed by atoms with Gasteiger partial charge in [0.25, 0.3) is 5.91 Å². The minimum Gasteiger partial charge on any atom is -0.457 e. The molecule has 1 heterocycles. The zero-order chi connectivity index (χ0) is 20.1. The maximum Gasteiger partial charge on any atom is 0.267 e. The summed E-state index contributed by atoms with van der Waals surface area (Å²) in [6.07, 6.45) is -1.25. The van der Waals surface area contributed by atoms with Crippen LogP contribution in [0.2, 0.25) is 0 Å². The Kier molecular flexibility index (Phi) is 5.60. The Balaban J connectivity index is 1.87. The van der Waals surface area contributed by atoms with Gasteiger partial charge in [-0.05, 0) is 54.6 Å². The van der Waals surface area contributed by atoms with Gasteiger partial charge < -0.3 is 20.7 Å². The number of hydrogen-bond donors (Lipinski definition) is 3. The average molecular weight is 376 g/mol. The van der Waals surface area contributed by atoms with Crippen molar-refractivity contribution in [1.29, 1.82) is 5.26 Å². The molecule has 0 aliphatic carbocycles. The third-order valence-electron chi connectivity index (χ3n) is 3.84. The average Bonchev–Trinajstić information content (AvgIpc) is 2.74. The van der Waals surface area contributed by atoms with Crippen molar-refractivity contribution in [2.75, 3.05) is 6.61 Å². The largest absolute Gasteiger partial charge is 0.457 e. The molecule has 1 amide bonds. The molecule has 0 saturated carbocycles. The Morgan fingerprint density at radius 3 is 2.25 bits per heavy atom. The van der Waals surface area contributed by atoms with Crippen LogP contribution in [0.5, 0.6) is 11.5 Å². The maximum atomic E-state index is 11.5. The molecule has 28 heavy (non-hydrogen) atoms. The number of amides is 1. The second-order valence-corrected chi connectivity index (χ2v) is 5.83. The molecule has 4 N–H and O–H groups in total. The first-order chi connectivity index (χ1) is 13.5. The second-order valence-electron chi connectivity index (χ2n) is 5.83. The number of nitrogens with zero attached hydrogens (tertiary/aromatic N) is 3. The molecule has 140 valence electrons. The Labute approximate surface area is 160 Å². The smallest absolute Gasteiger partial charge is 0.267 e. The van der Waals surface area contributed by atoms with Crippen LogP contribution in [0, 0.1) is 11.3 Å². The van der Waals surface area contributed by atoms with E-state index in [1.807, 2.05) is 6.07 Å². The number of rotatable bonds is 6. The predicted octanol–water partition coefficient (Wildman–Crippen LogP) is 1.93. The normalized spacial score (nSPS) is 11.5. The van der Waals surface area contributed by atoms with Gasteiger partial charge in [-0.2, -0.15) is 5.26 Å². The summed E-state index contributed by atoms with van der Waals surface area (Å²) < 4.78 is 5.71. The number of primary amides is 1. The van der Waals surface area contributed by atoms with Crippen molar-refractivity contribution in [3.8, 4) is 29.0 Å². The van der Waals surface area contributed by atoms with Crippen LogP contribution in [0.3, 0.4) is 0 Å². The number of benzene rings is 2. The molecule has 3 rings (SSSR count). The highest BCUT2D eigenvalue weighted by atomic mass is 16.5. The summed E-state index contributed by atoms with van der Waals surface area (Å²) in [4.78, 5) is 19.8. The van der Waals surface area contributed by atoms with Gasteiger partial charge in [0.2, 0.25) is 0 Å². The number of carbonyl (C=O) groups excluding carboxylic acids is 1. The van der Waals surface area contributed by atoms with Gasteiger partial charge in [-0.15, -0.1) is 0 Å². The molecule has 0 aliphatic heterocycles. The maximum absolute atomic E-state index is 11.5. The third-order valence-corrected chi connectivity index (χ3v) is 3.84. The number of aromatic nitrogens is 2. The number of nitrogens with two attached hydrogens (primary N) is 1. The van der Waals surface area contributed by atoms with Gasteiger partial charge in [0.05, 0.1) is 23.9 Å². The quantitative estimate of drug-likeness (QED) is 0.596. The molecule has 0 saturated heterocycles. The lowest BCUT2D eigenvalue weighted by Gasteiger charge is -2.11. The molecule has 1 aromatic heterocycles. The van der Waals surface area contributed by atoms with E-state index >= 15 is 0 Å². The van der Waals surface area contributed by atoms with E-state index in [0.29, 0.717) is 22.6 Å². The van der Waals surface area contributed by atoms with Gasteiger partial charge in [0.1, 0.15) is 23.3 Å². The lowest BCUT2D eigenvalue weighted by molar-refractivity contribution is 0.0916. The first kappa shape index (κ1) is 19.0. The summed E-state index contributed by atoms with van der Waals surface area (Å²) in [5, 5.41) is 27.8. The summed E-state index contributed by atoms with van der Waals surface area (Å²) in [5.74, 6) is 0.543. The van der Waals surface area contributed by atoms with Crippen LogP contribution in [0.25, 0.3) is 11.4 Å². The fourth-order valence-corrected chi connectivity index (χ4v) is 2.39. The molecule has 1 atom stereocenters. The lowest BCUT2D eigenvalue weighted by Crippen LogP contribution is -2.16. The third kappa shape index (κ3) is 4.29. The molecule has 2 aromatic carbocycles. The van der Waals surface area contributed by atoms with E-state index in [4.69, 9.17) is 20.8 Å². The Hall–Kier alpha value is -3.80. The highest BCUT2D eigenvalue weighted by Crippen LogP contribution is 2.25. The second kappa shape index (κ2) is 8.26. The summed E-state index contributed by atoms with van der Waals surface area (Å²) in [6, 6.07) is 16.7. The van der Waals surface area contributed by atoms with Crippen LogP contribution in [0.1, 0.15) is 27.8 Å². The molecule has 8 heteroatoms. The molecule has 3 aromatic rings. The number of hydrogen-bond acceptors (Lipinski definition) is 7. The summed E-state index contributed by atoms with van der Waals surface area (Å²) >= 11 is 0. The zero-order valence-corrected chi connectivity index (χ0v) is 14.6. The lowest BCUT2D eigenvalue weighted by atomic mass is 10.1. The van der Waals surface area contributed by atoms with Crippen LogP contribution in [0.15, 0.2) is 54.6 Å². The minimum absolute atomic E-state index is 0.0644. The van der Waals surface area contributed by atoms with E-state index in [0.717, 1.165) is 0 Å². The molecule has 0 bridgehead atoms. The molecular weight excluding hydrogens is 360 g/mol. The number of aliphatic hydroxyl groups excluding tert-OH is 2. The van der Waals surface area contributed by atoms with Crippen LogP contribution < -0.4 is 10.5 Å². The molecule has 0 aliphatic rings. The fourth-order valence-electron chi connectivity index (χ4n) is 2.39. The van der Waals surface area contributed by atoms with Gasteiger partial charge in [-0.3, -0.25) is 4.79 Å². The number of carbonyl (C=O) groups is 1. The van der Waals surface area contributed by atoms with Gasteiger partial charge in [0, 0.05) is 5.56 Å². The van der Waals surface area contributed by atoms with Crippen molar-refractivity contribution >= 4 is 5.91 Å². The van der Waals surface area contributed by atoms with Crippen molar-refractivity contribution < 1.29 is 19.7 Å². The SMILES string of the molecule is N#Cc1ccc(Oc2ccc(-c3nc(C(N)=O)cc(C(O)CO)n3)cc2)cc1. The molecule has 0 fully saturated rings. The van der Waals surface area contributed by atoms with E-state index in [1.165, 1.54) is 6.07 Å². The Bertz CT molecular complexity index is 1030. The molecule has 0 spiro atoms. The standard InChI is InChI=1S/C20H16N4O4/c21-10-12-1-5-14(6-2-12)28-15-7-3-13(4-8-15)20-23-16(18(26)11-25)9-17(24-20)19(22)27/h1-9,18,25-26H,11H2,(H2,22,27). The Morgan fingerprint density at radius 1 is 1.11 bits per heavy atom. The number of ether oxygens (including phenoxy) is 1. The predicted molar refractivity (Wildman–Crippen MR) is 99.3 cm³/mol. The molecular formula is C20H16N4O4.